The molecule has 0 aliphatic rings. The van der Waals surface area contributed by atoms with Crippen molar-refractivity contribution in [2.24, 2.45) is 5.92 Å². The zero-order valence-electron chi connectivity index (χ0n) is 12.1. The summed E-state index contributed by atoms with van der Waals surface area (Å²) in [4.78, 5) is 14.7. The molecule has 21 heavy (non-hydrogen) atoms. The molecule has 8 heteroatoms. The van der Waals surface area contributed by atoms with Gasteiger partial charge in [0.2, 0.25) is 0 Å². The first kappa shape index (κ1) is 15.1. The molecular formula is C13H20N6O2. The minimum atomic E-state index is -0.730. The Balaban J connectivity index is 1.86. The SMILES string of the molecule is CCCC(CCNc1cncc2nnnn12)CCC(=O)O. The van der Waals surface area contributed by atoms with Crippen molar-refractivity contribution < 1.29 is 9.90 Å². The van der Waals surface area contributed by atoms with Crippen LogP contribution < -0.4 is 5.32 Å². The quantitative estimate of drug-likeness (QED) is 0.723. The fourth-order valence-electron chi connectivity index (χ4n) is 2.37. The lowest BCUT2D eigenvalue weighted by atomic mass is 9.94. The summed E-state index contributed by atoms with van der Waals surface area (Å²) < 4.78 is 1.60. The molecule has 2 heterocycles. The van der Waals surface area contributed by atoms with Crippen LogP contribution in [-0.2, 0) is 4.79 Å². The smallest absolute Gasteiger partial charge is 0.303 e. The van der Waals surface area contributed by atoms with E-state index in [1.54, 1.807) is 16.9 Å². The highest BCUT2D eigenvalue weighted by molar-refractivity contribution is 5.66. The van der Waals surface area contributed by atoms with Crippen LogP contribution >= 0.6 is 0 Å². The maximum atomic E-state index is 10.7. The number of aromatic nitrogens is 5. The molecule has 0 fully saturated rings. The van der Waals surface area contributed by atoms with Crippen LogP contribution in [0.25, 0.3) is 5.65 Å². The lowest BCUT2D eigenvalue weighted by Gasteiger charge is -2.15. The number of carboxylic acids is 1. The number of fused-ring (bicyclic) bond motifs is 1. The van der Waals surface area contributed by atoms with E-state index in [9.17, 15) is 4.79 Å². The second kappa shape index (κ2) is 7.51. The largest absolute Gasteiger partial charge is 0.481 e. The summed E-state index contributed by atoms with van der Waals surface area (Å²) in [5, 5.41) is 23.4. The van der Waals surface area contributed by atoms with Crippen LogP contribution in [0.15, 0.2) is 12.4 Å². The van der Waals surface area contributed by atoms with E-state index >= 15 is 0 Å². The van der Waals surface area contributed by atoms with Crippen molar-refractivity contribution in [3.05, 3.63) is 12.4 Å². The third kappa shape index (κ3) is 4.37. The number of carbonyl (C=O) groups is 1. The van der Waals surface area contributed by atoms with Gasteiger partial charge in [0, 0.05) is 13.0 Å². The molecule has 8 nitrogen and oxygen atoms in total. The molecule has 0 aliphatic heterocycles. The van der Waals surface area contributed by atoms with Crippen molar-refractivity contribution in [2.45, 2.75) is 39.0 Å². The molecule has 0 saturated carbocycles. The monoisotopic (exact) mass is 292 g/mol. The Hall–Kier alpha value is -2.25. The van der Waals surface area contributed by atoms with Crippen molar-refractivity contribution in [1.29, 1.82) is 0 Å². The van der Waals surface area contributed by atoms with Gasteiger partial charge < -0.3 is 10.4 Å². The molecule has 1 atom stereocenters. The van der Waals surface area contributed by atoms with Gasteiger partial charge in [-0.3, -0.25) is 9.78 Å². The van der Waals surface area contributed by atoms with Crippen molar-refractivity contribution in [2.75, 3.05) is 11.9 Å². The van der Waals surface area contributed by atoms with Crippen molar-refractivity contribution in [3.63, 3.8) is 0 Å². The molecule has 0 saturated heterocycles. The molecule has 2 N–H and O–H groups in total. The van der Waals surface area contributed by atoms with Crippen molar-refractivity contribution >= 4 is 17.4 Å². The molecule has 2 rings (SSSR count). The molecular weight excluding hydrogens is 272 g/mol. The molecule has 0 aliphatic carbocycles. The number of rotatable bonds is 9. The van der Waals surface area contributed by atoms with Gasteiger partial charge in [0.25, 0.3) is 0 Å². The fraction of sp³-hybridized carbons (Fsp3) is 0.615. The molecule has 0 bridgehead atoms. The normalized spacial score (nSPS) is 12.4. The van der Waals surface area contributed by atoms with E-state index in [1.807, 2.05) is 0 Å². The van der Waals surface area contributed by atoms with Gasteiger partial charge in [-0.25, -0.2) is 0 Å². The standard InChI is InChI=1S/C13H20N6O2/c1-2-3-10(4-5-13(20)21)6-7-15-11-8-14-9-12-16-17-18-19(11)12/h8-10,15H,2-7H2,1H3,(H,20,21). The van der Waals surface area contributed by atoms with Crippen LogP contribution in [0.1, 0.15) is 39.0 Å². The number of tetrazole rings is 1. The molecule has 2 aromatic rings. The Labute approximate surface area is 122 Å². The second-order valence-corrected chi connectivity index (χ2v) is 5.04. The van der Waals surface area contributed by atoms with E-state index in [0.717, 1.165) is 38.0 Å². The first-order chi connectivity index (χ1) is 10.2. The molecule has 1 unspecified atom stereocenters. The van der Waals surface area contributed by atoms with E-state index in [2.05, 4.69) is 32.7 Å². The van der Waals surface area contributed by atoms with Crippen LogP contribution in [0.3, 0.4) is 0 Å². The molecule has 2 aromatic heterocycles. The van der Waals surface area contributed by atoms with Crippen LogP contribution in [0, 0.1) is 5.92 Å². The summed E-state index contributed by atoms with van der Waals surface area (Å²) in [6.45, 7) is 2.86. The van der Waals surface area contributed by atoms with Gasteiger partial charge in [0.15, 0.2) is 5.65 Å². The Morgan fingerprint density at radius 3 is 3.00 bits per heavy atom. The third-order valence-electron chi connectivity index (χ3n) is 3.43. The van der Waals surface area contributed by atoms with Gasteiger partial charge >= 0.3 is 5.97 Å². The predicted octanol–water partition coefficient (Wildman–Crippen LogP) is 1.60. The summed E-state index contributed by atoms with van der Waals surface area (Å²) >= 11 is 0. The zero-order valence-corrected chi connectivity index (χ0v) is 12.1. The van der Waals surface area contributed by atoms with E-state index in [0.29, 0.717) is 11.6 Å². The predicted molar refractivity (Wildman–Crippen MR) is 77.0 cm³/mol. The second-order valence-electron chi connectivity index (χ2n) is 5.04. The number of hydrogen-bond donors (Lipinski definition) is 2. The van der Waals surface area contributed by atoms with Gasteiger partial charge in [-0.1, -0.05) is 19.8 Å². The number of aliphatic carboxylic acids is 1. The highest BCUT2D eigenvalue weighted by atomic mass is 16.4. The van der Waals surface area contributed by atoms with Gasteiger partial charge in [-0.05, 0) is 29.2 Å². The number of anilines is 1. The number of nitrogens with zero attached hydrogens (tertiary/aromatic N) is 5. The molecule has 0 amide bonds. The zero-order chi connectivity index (χ0) is 15.1. The van der Waals surface area contributed by atoms with Crippen LogP contribution in [0.2, 0.25) is 0 Å². The highest BCUT2D eigenvalue weighted by Crippen LogP contribution is 2.18. The van der Waals surface area contributed by atoms with Crippen molar-refractivity contribution in [3.8, 4) is 0 Å². The van der Waals surface area contributed by atoms with Gasteiger partial charge in [0.1, 0.15) is 5.82 Å². The summed E-state index contributed by atoms with van der Waals surface area (Å²) in [7, 11) is 0. The summed E-state index contributed by atoms with van der Waals surface area (Å²) in [5.74, 6) is 0.428. The minimum Gasteiger partial charge on any atom is -0.481 e. The summed E-state index contributed by atoms with van der Waals surface area (Å²) in [5.41, 5.74) is 0.594. The van der Waals surface area contributed by atoms with Crippen LogP contribution in [0.4, 0.5) is 5.82 Å². The Kier molecular flexibility index (Phi) is 5.42. The maximum Gasteiger partial charge on any atom is 0.303 e. The Bertz CT molecular complexity index is 585. The first-order valence-electron chi connectivity index (χ1n) is 7.18. The average molecular weight is 292 g/mol. The topological polar surface area (TPSA) is 105 Å². The fourth-order valence-corrected chi connectivity index (χ4v) is 2.37. The molecule has 0 spiro atoms. The van der Waals surface area contributed by atoms with E-state index in [4.69, 9.17) is 5.11 Å². The lowest BCUT2D eigenvalue weighted by molar-refractivity contribution is -0.137. The number of nitrogens with one attached hydrogen (secondary N) is 1. The third-order valence-corrected chi connectivity index (χ3v) is 3.43. The first-order valence-corrected chi connectivity index (χ1v) is 7.18. The van der Waals surface area contributed by atoms with Gasteiger partial charge in [-0.2, -0.15) is 4.52 Å². The van der Waals surface area contributed by atoms with E-state index in [1.165, 1.54) is 0 Å². The molecule has 0 aromatic carbocycles. The van der Waals surface area contributed by atoms with Crippen molar-refractivity contribution in [1.82, 2.24) is 25.0 Å². The highest BCUT2D eigenvalue weighted by Gasteiger charge is 2.11. The molecule has 114 valence electrons. The Morgan fingerprint density at radius 1 is 1.38 bits per heavy atom. The average Bonchev–Trinajstić information content (AvgIpc) is 2.94. The van der Waals surface area contributed by atoms with Crippen LogP contribution in [-0.4, -0.2) is 42.6 Å². The van der Waals surface area contributed by atoms with E-state index < -0.39 is 5.97 Å². The maximum absolute atomic E-state index is 10.7. The van der Waals surface area contributed by atoms with E-state index in [-0.39, 0.29) is 6.42 Å². The molecule has 0 radical (unpaired) electrons. The number of carboxylic acid groups (broad SMARTS) is 1. The van der Waals surface area contributed by atoms with Crippen LogP contribution in [0.5, 0.6) is 0 Å². The summed E-state index contributed by atoms with van der Waals surface area (Å²) in [6.07, 6.45) is 7.25. The minimum absolute atomic E-state index is 0.231. The van der Waals surface area contributed by atoms with Gasteiger partial charge in [0.05, 0.1) is 12.4 Å². The number of hydrogen-bond acceptors (Lipinski definition) is 6. The van der Waals surface area contributed by atoms with Gasteiger partial charge in [-0.15, -0.1) is 5.10 Å². The Morgan fingerprint density at radius 2 is 2.24 bits per heavy atom. The summed E-state index contributed by atoms with van der Waals surface area (Å²) in [6, 6.07) is 0. The lowest BCUT2D eigenvalue weighted by Crippen LogP contribution is -2.13.